The Kier molecular flexibility index (Phi) is 5.07. The van der Waals surface area contributed by atoms with Gasteiger partial charge < -0.3 is 15.2 Å². The van der Waals surface area contributed by atoms with E-state index in [4.69, 9.17) is 4.98 Å². The number of pyridine rings is 4. The quantitative estimate of drug-likeness (QED) is 0.348. The topological polar surface area (TPSA) is 141 Å². The number of urea groups is 1. The van der Waals surface area contributed by atoms with Gasteiger partial charge in [-0.05, 0) is 18.2 Å². The Labute approximate surface area is 204 Å². The van der Waals surface area contributed by atoms with E-state index in [0.717, 1.165) is 38.7 Å². The summed E-state index contributed by atoms with van der Waals surface area (Å²) >= 11 is 0. The molecule has 36 heavy (non-hydrogen) atoms. The van der Waals surface area contributed by atoms with Crippen LogP contribution in [0.25, 0.3) is 55.8 Å². The number of hydrogen-bond acceptors (Lipinski definition) is 7. The molecule has 0 radical (unpaired) electrons. The van der Waals surface area contributed by atoms with Crippen molar-refractivity contribution < 1.29 is 4.79 Å². The molecule has 0 bridgehead atoms. The molecular formula is C25H20N10O. The molecule has 0 fully saturated rings. The van der Waals surface area contributed by atoms with Crippen molar-refractivity contribution in [1.82, 2.24) is 45.0 Å². The lowest BCUT2D eigenvalue weighted by atomic mass is 10.1. The predicted molar refractivity (Wildman–Crippen MR) is 136 cm³/mol. The lowest BCUT2D eigenvalue weighted by Crippen LogP contribution is -2.27. The number of nitrogens with one attached hydrogen (secondary N) is 3. The summed E-state index contributed by atoms with van der Waals surface area (Å²) in [4.78, 5) is 39.1. The molecule has 11 nitrogen and oxygen atoms in total. The van der Waals surface area contributed by atoms with Crippen molar-refractivity contribution >= 4 is 33.8 Å². The molecule has 0 saturated heterocycles. The van der Waals surface area contributed by atoms with Crippen LogP contribution in [0.2, 0.25) is 0 Å². The number of aromatic amines is 2. The second kappa shape index (κ2) is 8.55. The number of H-pyrrole nitrogens is 2. The van der Waals surface area contributed by atoms with Crippen LogP contribution in [0.3, 0.4) is 0 Å². The number of nitrogens with zero attached hydrogens (tertiary/aromatic N) is 7. The Morgan fingerprint density at radius 2 is 1.78 bits per heavy atom. The zero-order chi connectivity index (χ0) is 24.6. The molecule has 176 valence electrons. The van der Waals surface area contributed by atoms with Gasteiger partial charge in [0, 0.05) is 67.3 Å². The molecule has 0 unspecified atom stereocenters. The number of fused-ring (bicyclic) bond motifs is 2. The fraction of sp³-hybridized carbons (Fsp3) is 0.0800. The Morgan fingerprint density at radius 1 is 0.944 bits per heavy atom. The van der Waals surface area contributed by atoms with Crippen molar-refractivity contribution in [3.63, 3.8) is 0 Å². The molecule has 0 saturated carbocycles. The van der Waals surface area contributed by atoms with E-state index in [2.05, 4.69) is 40.4 Å². The summed E-state index contributed by atoms with van der Waals surface area (Å²) in [5, 5.41) is 11.0. The highest BCUT2D eigenvalue weighted by atomic mass is 16.2. The van der Waals surface area contributed by atoms with Crippen LogP contribution in [0, 0.1) is 0 Å². The number of amides is 2. The van der Waals surface area contributed by atoms with E-state index in [1.165, 1.54) is 4.90 Å². The number of carbonyl (C=O) groups excluding carboxylic acids is 1. The molecule has 3 N–H and O–H groups in total. The zero-order valence-corrected chi connectivity index (χ0v) is 19.4. The summed E-state index contributed by atoms with van der Waals surface area (Å²) in [7, 11) is 3.36. The van der Waals surface area contributed by atoms with Crippen molar-refractivity contribution in [2.24, 2.45) is 0 Å². The van der Waals surface area contributed by atoms with E-state index in [9.17, 15) is 4.79 Å². The molecule has 2 amide bonds. The molecule has 6 rings (SSSR count). The molecule has 6 aromatic rings. The first-order valence-corrected chi connectivity index (χ1v) is 11.1. The number of carbonyl (C=O) groups is 1. The third-order valence-electron chi connectivity index (χ3n) is 5.74. The molecule has 11 heteroatoms. The van der Waals surface area contributed by atoms with E-state index in [0.29, 0.717) is 22.9 Å². The maximum Gasteiger partial charge on any atom is 0.321 e. The summed E-state index contributed by atoms with van der Waals surface area (Å²) in [5.74, 6) is 0.620. The Bertz CT molecular complexity index is 1720. The van der Waals surface area contributed by atoms with E-state index in [1.54, 1.807) is 57.5 Å². The van der Waals surface area contributed by atoms with Crippen LogP contribution in [-0.4, -0.2) is 65.1 Å². The minimum absolute atomic E-state index is 0.232. The number of anilines is 1. The van der Waals surface area contributed by atoms with Crippen molar-refractivity contribution in [1.29, 1.82) is 0 Å². The minimum atomic E-state index is -0.232. The van der Waals surface area contributed by atoms with Crippen LogP contribution >= 0.6 is 0 Å². The van der Waals surface area contributed by atoms with Gasteiger partial charge in [0.05, 0.1) is 29.0 Å². The average molecular weight is 477 g/mol. The Morgan fingerprint density at radius 3 is 2.61 bits per heavy atom. The summed E-state index contributed by atoms with van der Waals surface area (Å²) in [6, 6.07) is 7.45. The van der Waals surface area contributed by atoms with Crippen LogP contribution < -0.4 is 5.32 Å². The molecular weight excluding hydrogens is 456 g/mol. The van der Waals surface area contributed by atoms with Gasteiger partial charge in [0.15, 0.2) is 11.5 Å². The Hall–Kier alpha value is -5.19. The molecule has 0 aliphatic carbocycles. The van der Waals surface area contributed by atoms with E-state index >= 15 is 0 Å². The third kappa shape index (κ3) is 3.78. The average Bonchev–Trinajstić information content (AvgIpc) is 3.53. The maximum atomic E-state index is 12.0. The van der Waals surface area contributed by atoms with Gasteiger partial charge in [-0.15, -0.1) is 0 Å². The summed E-state index contributed by atoms with van der Waals surface area (Å²) in [6.07, 6.45) is 12.1. The van der Waals surface area contributed by atoms with Gasteiger partial charge in [-0.25, -0.2) is 14.8 Å². The van der Waals surface area contributed by atoms with Gasteiger partial charge in [-0.2, -0.15) is 5.10 Å². The number of aromatic nitrogens is 8. The zero-order valence-electron chi connectivity index (χ0n) is 19.4. The molecule has 0 aliphatic heterocycles. The molecule has 6 heterocycles. The molecule has 6 aromatic heterocycles. The van der Waals surface area contributed by atoms with E-state index < -0.39 is 0 Å². The van der Waals surface area contributed by atoms with Crippen LogP contribution in [0.1, 0.15) is 0 Å². The first kappa shape index (κ1) is 21.4. The second-order valence-corrected chi connectivity index (χ2v) is 8.39. The van der Waals surface area contributed by atoms with Gasteiger partial charge in [0.1, 0.15) is 11.2 Å². The first-order chi connectivity index (χ1) is 17.6. The molecule has 0 atom stereocenters. The van der Waals surface area contributed by atoms with Gasteiger partial charge in [0.25, 0.3) is 0 Å². The van der Waals surface area contributed by atoms with Crippen molar-refractivity contribution in [3.05, 3.63) is 67.6 Å². The fourth-order valence-electron chi connectivity index (χ4n) is 3.92. The van der Waals surface area contributed by atoms with Crippen molar-refractivity contribution in [2.75, 3.05) is 19.4 Å². The number of rotatable bonds is 4. The minimum Gasteiger partial charge on any atom is -0.335 e. The normalized spacial score (nSPS) is 11.2. The maximum absolute atomic E-state index is 12.0. The highest BCUT2D eigenvalue weighted by molar-refractivity contribution is 5.97. The summed E-state index contributed by atoms with van der Waals surface area (Å²) in [5.41, 5.74) is 6.89. The monoisotopic (exact) mass is 476 g/mol. The van der Waals surface area contributed by atoms with Crippen LogP contribution in [-0.2, 0) is 0 Å². The summed E-state index contributed by atoms with van der Waals surface area (Å²) < 4.78 is 0. The van der Waals surface area contributed by atoms with Gasteiger partial charge in [-0.3, -0.25) is 20.1 Å². The van der Waals surface area contributed by atoms with Gasteiger partial charge >= 0.3 is 6.03 Å². The smallest absolute Gasteiger partial charge is 0.321 e. The second-order valence-electron chi connectivity index (χ2n) is 8.39. The van der Waals surface area contributed by atoms with Gasteiger partial charge in [0.2, 0.25) is 0 Å². The fourth-order valence-corrected chi connectivity index (χ4v) is 3.92. The number of imidazole rings is 1. The highest BCUT2D eigenvalue weighted by Crippen LogP contribution is 2.32. The van der Waals surface area contributed by atoms with Crippen LogP contribution in [0.15, 0.2) is 67.6 Å². The predicted octanol–water partition coefficient (Wildman–Crippen LogP) is 4.11. The van der Waals surface area contributed by atoms with Gasteiger partial charge in [-0.1, -0.05) is 6.07 Å². The Balaban J connectivity index is 1.41. The van der Waals surface area contributed by atoms with Crippen LogP contribution in [0.4, 0.5) is 10.5 Å². The van der Waals surface area contributed by atoms with Crippen LogP contribution in [0.5, 0.6) is 0 Å². The summed E-state index contributed by atoms with van der Waals surface area (Å²) in [6.45, 7) is 0. The van der Waals surface area contributed by atoms with E-state index in [1.807, 2.05) is 24.3 Å². The standard InChI is InChI=1S/C25H20N10O/c1-35(2)25(36)30-17-6-15(9-27-11-17)16-7-18-22(33-34-23(18)29-10-16)24-31-20-13-28-12-19(21(20)32-24)14-4-3-5-26-8-14/h3-13H,1-2H3,(H,30,36)(H,31,32)(H,29,33,34). The number of hydrogen-bond donors (Lipinski definition) is 3. The van der Waals surface area contributed by atoms with Crippen molar-refractivity contribution in [3.8, 4) is 33.8 Å². The SMILES string of the molecule is CN(C)C(=O)Nc1cncc(-c2cnc3n[nH]c(-c4nc5c(-c6cccnc6)cncc5[nH]4)c3c2)c1. The lowest BCUT2D eigenvalue weighted by Gasteiger charge is -2.12. The highest BCUT2D eigenvalue weighted by Gasteiger charge is 2.17. The molecule has 0 aromatic carbocycles. The molecule has 0 aliphatic rings. The first-order valence-electron chi connectivity index (χ1n) is 11.1. The van der Waals surface area contributed by atoms with Crippen molar-refractivity contribution in [2.45, 2.75) is 0 Å². The third-order valence-corrected chi connectivity index (χ3v) is 5.74. The van der Waals surface area contributed by atoms with E-state index in [-0.39, 0.29) is 6.03 Å². The molecule has 0 spiro atoms. The lowest BCUT2D eigenvalue weighted by molar-refractivity contribution is 0.230. The largest absolute Gasteiger partial charge is 0.335 e.